The molecule has 136 valence electrons. The Bertz CT molecular complexity index is 900. The van der Waals surface area contributed by atoms with E-state index < -0.39 is 12.6 Å². The van der Waals surface area contributed by atoms with Crippen LogP contribution < -0.4 is 9.64 Å². The number of para-hydroxylation sites is 2. The number of carbonyl (C=O) groups excluding carboxylic acids is 2. The number of carbonyl (C=O) groups is 2. The van der Waals surface area contributed by atoms with Crippen LogP contribution in [0.5, 0.6) is 5.75 Å². The van der Waals surface area contributed by atoms with Crippen molar-refractivity contribution in [1.82, 2.24) is 0 Å². The number of esters is 1. The number of rotatable bonds is 6. The number of amides is 1. The number of fused-ring (bicyclic) bond motifs is 1. The summed E-state index contributed by atoms with van der Waals surface area (Å²) < 4.78 is 10.7. The maximum absolute atomic E-state index is 12.5. The zero-order valence-corrected chi connectivity index (χ0v) is 14.6. The molecule has 3 rings (SSSR count). The van der Waals surface area contributed by atoms with E-state index in [2.05, 4.69) is 0 Å². The minimum absolute atomic E-state index is 0.0981. The molecule has 1 aliphatic heterocycles. The van der Waals surface area contributed by atoms with Crippen molar-refractivity contribution in [1.29, 1.82) is 5.26 Å². The lowest BCUT2D eigenvalue weighted by Gasteiger charge is -2.22. The Labute approximate surface area is 157 Å². The third-order valence-electron chi connectivity index (χ3n) is 4.04. The Kier molecular flexibility index (Phi) is 5.85. The number of ether oxygens (including phenoxy) is 2. The van der Waals surface area contributed by atoms with Crippen molar-refractivity contribution in [3.8, 4) is 11.8 Å². The van der Waals surface area contributed by atoms with E-state index in [-0.39, 0.29) is 25.5 Å². The number of benzene rings is 2. The van der Waals surface area contributed by atoms with E-state index in [1.54, 1.807) is 30.3 Å². The number of anilines is 1. The van der Waals surface area contributed by atoms with Gasteiger partial charge in [-0.25, -0.2) is 4.79 Å². The average Bonchev–Trinajstić information content (AvgIpc) is 2.72. The van der Waals surface area contributed by atoms with Crippen LogP contribution in [-0.4, -0.2) is 31.6 Å². The fourth-order valence-corrected chi connectivity index (χ4v) is 2.70. The van der Waals surface area contributed by atoms with Gasteiger partial charge in [-0.05, 0) is 24.3 Å². The minimum atomic E-state index is -0.592. The van der Waals surface area contributed by atoms with E-state index in [1.165, 1.54) is 4.90 Å². The lowest BCUT2D eigenvalue weighted by molar-refractivity contribution is -0.144. The van der Waals surface area contributed by atoms with Gasteiger partial charge in [-0.15, -0.1) is 0 Å². The van der Waals surface area contributed by atoms with E-state index in [9.17, 15) is 9.59 Å². The first-order chi connectivity index (χ1) is 13.2. The fraction of sp³-hybridized carbons (Fsp3) is 0.190. The summed E-state index contributed by atoms with van der Waals surface area (Å²) in [5, 5.41) is 8.82. The number of nitrogens with zero attached hydrogens (tertiary/aromatic N) is 2. The monoisotopic (exact) mass is 362 g/mol. The van der Waals surface area contributed by atoms with Crippen molar-refractivity contribution < 1.29 is 19.1 Å². The van der Waals surface area contributed by atoms with E-state index >= 15 is 0 Å². The molecule has 1 amide bonds. The predicted molar refractivity (Wildman–Crippen MR) is 99.9 cm³/mol. The third kappa shape index (κ3) is 4.53. The Morgan fingerprint density at radius 1 is 1.11 bits per heavy atom. The molecule has 0 spiro atoms. The zero-order valence-electron chi connectivity index (χ0n) is 14.6. The fourth-order valence-electron chi connectivity index (χ4n) is 2.70. The van der Waals surface area contributed by atoms with Crippen molar-refractivity contribution in [2.24, 2.45) is 0 Å². The molecule has 1 heterocycles. The SMILES string of the molecule is N#CCCN(C(=O)COC(=O)C1=Cc2ccccc2OC1)c1ccccc1. The molecule has 27 heavy (non-hydrogen) atoms. The van der Waals surface area contributed by atoms with Gasteiger partial charge in [-0.1, -0.05) is 36.4 Å². The van der Waals surface area contributed by atoms with E-state index in [1.807, 2.05) is 36.4 Å². The number of nitriles is 1. The molecule has 6 nitrogen and oxygen atoms in total. The Hall–Kier alpha value is -3.59. The second-order valence-corrected chi connectivity index (χ2v) is 5.86. The summed E-state index contributed by atoms with van der Waals surface area (Å²) in [4.78, 5) is 26.3. The summed E-state index contributed by atoms with van der Waals surface area (Å²) in [6, 6.07) is 18.4. The van der Waals surface area contributed by atoms with E-state index in [0.717, 1.165) is 5.56 Å². The molecule has 0 N–H and O–H groups in total. The van der Waals surface area contributed by atoms with Gasteiger partial charge in [0.25, 0.3) is 5.91 Å². The summed E-state index contributed by atoms with van der Waals surface area (Å²) in [6.45, 7) is -0.0743. The summed E-state index contributed by atoms with van der Waals surface area (Å²) in [5.74, 6) is -0.273. The van der Waals surface area contributed by atoms with Gasteiger partial charge in [0.2, 0.25) is 0 Å². The van der Waals surface area contributed by atoms with Gasteiger partial charge in [0.15, 0.2) is 6.61 Å². The van der Waals surface area contributed by atoms with Crippen LogP contribution in [0.3, 0.4) is 0 Å². The highest BCUT2D eigenvalue weighted by Gasteiger charge is 2.21. The summed E-state index contributed by atoms with van der Waals surface area (Å²) in [5.41, 5.74) is 1.80. The van der Waals surface area contributed by atoms with Gasteiger partial charge in [0.05, 0.1) is 18.1 Å². The van der Waals surface area contributed by atoms with Crippen molar-refractivity contribution in [3.05, 3.63) is 65.7 Å². The normalized spacial score (nSPS) is 12.0. The first kappa shape index (κ1) is 18.2. The van der Waals surface area contributed by atoms with Gasteiger partial charge in [-0.3, -0.25) is 4.79 Å². The van der Waals surface area contributed by atoms with Crippen molar-refractivity contribution >= 4 is 23.6 Å². The molecule has 1 aliphatic rings. The van der Waals surface area contributed by atoms with Gasteiger partial charge in [0.1, 0.15) is 12.4 Å². The highest BCUT2D eigenvalue weighted by molar-refractivity contribution is 5.99. The molecule has 0 fully saturated rings. The zero-order chi connectivity index (χ0) is 19.1. The molecule has 0 aromatic heterocycles. The maximum atomic E-state index is 12.5. The van der Waals surface area contributed by atoms with Crippen LogP contribution >= 0.6 is 0 Å². The molecule has 0 saturated heterocycles. The standard InChI is InChI=1S/C21H18N2O4/c22-11-6-12-23(18-8-2-1-3-9-18)20(24)15-27-21(25)17-13-16-7-4-5-10-19(16)26-14-17/h1-5,7-10,13H,6,12,14-15H2. The van der Waals surface area contributed by atoms with Gasteiger partial charge >= 0.3 is 5.97 Å². The highest BCUT2D eigenvalue weighted by atomic mass is 16.5. The third-order valence-corrected chi connectivity index (χ3v) is 4.04. The molecule has 0 bridgehead atoms. The van der Waals surface area contributed by atoms with Gasteiger partial charge in [-0.2, -0.15) is 5.26 Å². The Balaban J connectivity index is 1.64. The smallest absolute Gasteiger partial charge is 0.338 e. The van der Waals surface area contributed by atoms with Crippen LogP contribution in [0.4, 0.5) is 5.69 Å². The van der Waals surface area contributed by atoms with Crippen LogP contribution in [0, 0.1) is 11.3 Å². The van der Waals surface area contributed by atoms with E-state index in [4.69, 9.17) is 14.7 Å². The van der Waals surface area contributed by atoms with Crippen LogP contribution in [0.15, 0.2) is 60.2 Å². The molecular weight excluding hydrogens is 344 g/mol. The summed E-state index contributed by atoms with van der Waals surface area (Å²) in [6.07, 6.45) is 1.89. The second-order valence-electron chi connectivity index (χ2n) is 5.86. The van der Waals surface area contributed by atoms with Crippen LogP contribution in [0.25, 0.3) is 6.08 Å². The lowest BCUT2D eigenvalue weighted by Crippen LogP contribution is -2.35. The summed E-state index contributed by atoms with van der Waals surface area (Å²) in [7, 11) is 0. The minimum Gasteiger partial charge on any atom is -0.488 e. The maximum Gasteiger partial charge on any atom is 0.338 e. The van der Waals surface area contributed by atoms with Crippen LogP contribution in [-0.2, 0) is 14.3 Å². The highest BCUT2D eigenvalue weighted by Crippen LogP contribution is 2.26. The van der Waals surface area contributed by atoms with Gasteiger partial charge < -0.3 is 14.4 Å². The Morgan fingerprint density at radius 2 is 1.85 bits per heavy atom. The molecule has 0 aliphatic carbocycles. The van der Waals surface area contributed by atoms with Crippen LogP contribution in [0.2, 0.25) is 0 Å². The largest absolute Gasteiger partial charge is 0.488 e. The average molecular weight is 362 g/mol. The molecule has 6 heteroatoms. The van der Waals surface area contributed by atoms with Crippen molar-refractivity contribution in [2.45, 2.75) is 6.42 Å². The van der Waals surface area contributed by atoms with Crippen molar-refractivity contribution in [2.75, 3.05) is 24.7 Å². The van der Waals surface area contributed by atoms with Crippen LogP contribution in [0.1, 0.15) is 12.0 Å². The lowest BCUT2D eigenvalue weighted by atomic mass is 10.1. The number of hydrogen-bond donors (Lipinski definition) is 0. The van der Waals surface area contributed by atoms with E-state index in [0.29, 0.717) is 17.0 Å². The first-order valence-electron chi connectivity index (χ1n) is 8.51. The topological polar surface area (TPSA) is 79.6 Å². The quantitative estimate of drug-likeness (QED) is 0.738. The summed E-state index contributed by atoms with van der Waals surface area (Å²) >= 11 is 0. The molecule has 2 aromatic rings. The first-order valence-corrected chi connectivity index (χ1v) is 8.51. The number of hydrogen-bond acceptors (Lipinski definition) is 5. The molecule has 0 saturated carbocycles. The van der Waals surface area contributed by atoms with Crippen molar-refractivity contribution in [3.63, 3.8) is 0 Å². The Morgan fingerprint density at radius 3 is 2.63 bits per heavy atom. The molecule has 0 unspecified atom stereocenters. The molecular formula is C21H18N2O4. The molecule has 0 atom stereocenters. The van der Waals surface area contributed by atoms with Gasteiger partial charge in [0, 0.05) is 17.8 Å². The second kappa shape index (κ2) is 8.68. The molecule has 0 radical (unpaired) electrons. The molecule has 2 aromatic carbocycles. The predicted octanol–water partition coefficient (Wildman–Crippen LogP) is 2.95.